The average molecular weight is 280 g/mol. The van der Waals surface area contributed by atoms with Gasteiger partial charge in [0.05, 0.1) is 5.69 Å². The van der Waals surface area contributed by atoms with Crippen LogP contribution in [0.15, 0.2) is 11.6 Å². The van der Waals surface area contributed by atoms with Crippen LogP contribution in [0.3, 0.4) is 0 Å². The van der Waals surface area contributed by atoms with Crippen molar-refractivity contribution in [2.24, 2.45) is 0 Å². The molecule has 1 aromatic rings. The van der Waals surface area contributed by atoms with E-state index in [1.165, 1.54) is 17.1 Å². The zero-order valence-electron chi connectivity index (χ0n) is 11.4. The molecule has 19 heavy (non-hydrogen) atoms. The van der Waals surface area contributed by atoms with Gasteiger partial charge in [-0.15, -0.1) is 5.10 Å². The zero-order chi connectivity index (χ0) is 13.7. The Morgan fingerprint density at radius 2 is 2.42 bits per heavy atom. The summed E-state index contributed by atoms with van der Waals surface area (Å²) in [5.41, 5.74) is 2.22. The van der Waals surface area contributed by atoms with Gasteiger partial charge in [0, 0.05) is 13.1 Å². The summed E-state index contributed by atoms with van der Waals surface area (Å²) in [5, 5.41) is 10.3. The molecule has 0 bridgehead atoms. The van der Waals surface area contributed by atoms with E-state index in [2.05, 4.69) is 26.3 Å². The molecular formula is C13H20N4OS. The molecule has 0 atom stereocenters. The lowest BCUT2D eigenvalue weighted by atomic mass is 10.1. The summed E-state index contributed by atoms with van der Waals surface area (Å²) in [4.78, 5) is 12.7. The fourth-order valence-corrected chi connectivity index (χ4v) is 2.78. The number of amides is 1. The van der Waals surface area contributed by atoms with Crippen LogP contribution < -0.4 is 10.6 Å². The third-order valence-corrected chi connectivity index (χ3v) is 3.90. The lowest BCUT2D eigenvalue weighted by molar-refractivity contribution is 0.0956. The maximum atomic E-state index is 12.1. The van der Waals surface area contributed by atoms with Gasteiger partial charge < -0.3 is 10.6 Å². The molecule has 104 valence electrons. The van der Waals surface area contributed by atoms with Crippen molar-refractivity contribution >= 4 is 17.4 Å². The Balaban J connectivity index is 1.84. The molecule has 1 aromatic heterocycles. The van der Waals surface area contributed by atoms with Crippen LogP contribution in [0.5, 0.6) is 0 Å². The zero-order valence-corrected chi connectivity index (χ0v) is 12.2. The predicted molar refractivity (Wildman–Crippen MR) is 76.5 cm³/mol. The summed E-state index contributed by atoms with van der Waals surface area (Å²) >= 11 is 1.17. The SMILES string of the molecule is CC(C)c1nnsc1C(=O)NCCC1=CCNCC1. The van der Waals surface area contributed by atoms with Gasteiger partial charge in [-0.05, 0) is 36.8 Å². The van der Waals surface area contributed by atoms with Crippen LogP contribution in [0.2, 0.25) is 0 Å². The average Bonchev–Trinajstić information content (AvgIpc) is 2.89. The molecule has 2 N–H and O–H groups in total. The number of aromatic nitrogens is 2. The second kappa shape index (κ2) is 6.77. The van der Waals surface area contributed by atoms with Crippen LogP contribution in [0.1, 0.15) is 48.0 Å². The van der Waals surface area contributed by atoms with Crippen molar-refractivity contribution in [2.75, 3.05) is 19.6 Å². The van der Waals surface area contributed by atoms with Crippen molar-refractivity contribution in [3.63, 3.8) is 0 Å². The van der Waals surface area contributed by atoms with Crippen LogP contribution in [0, 0.1) is 0 Å². The van der Waals surface area contributed by atoms with Crippen molar-refractivity contribution in [2.45, 2.75) is 32.6 Å². The molecule has 5 nitrogen and oxygen atoms in total. The molecule has 0 saturated heterocycles. The molecule has 0 aromatic carbocycles. The smallest absolute Gasteiger partial charge is 0.264 e. The van der Waals surface area contributed by atoms with Crippen LogP contribution in [0.4, 0.5) is 0 Å². The Morgan fingerprint density at radius 3 is 3.11 bits per heavy atom. The standard InChI is InChI=1S/C13H20N4OS/c1-9(2)11-12(19-17-16-11)13(18)15-8-5-10-3-6-14-7-4-10/h3,9,14H,4-8H2,1-2H3,(H,15,18). The molecular weight excluding hydrogens is 260 g/mol. The largest absolute Gasteiger partial charge is 0.351 e. The van der Waals surface area contributed by atoms with Crippen LogP contribution in [-0.4, -0.2) is 35.1 Å². The van der Waals surface area contributed by atoms with Gasteiger partial charge in [0.2, 0.25) is 0 Å². The van der Waals surface area contributed by atoms with Crippen LogP contribution in [-0.2, 0) is 0 Å². The number of rotatable bonds is 5. The predicted octanol–water partition coefficient (Wildman–Crippen LogP) is 1.70. The first-order chi connectivity index (χ1) is 9.18. The lowest BCUT2D eigenvalue weighted by Gasteiger charge is -2.14. The molecule has 1 amide bonds. The lowest BCUT2D eigenvalue weighted by Crippen LogP contribution is -2.26. The fraction of sp³-hybridized carbons (Fsp3) is 0.615. The highest BCUT2D eigenvalue weighted by molar-refractivity contribution is 7.08. The minimum atomic E-state index is -0.0479. The maximum Gasteiger partial charge on any atom is 0.264 e. The van der Waals surface area contributed by atoms with E-state index >= 15 is 0 Å². The highest BCUT2D eigenvalue weighted by atomic mass is 32.1. The van der Waals surface area contributed by atoms with E-state index in [-0.39, 0.29) is 11.8 Å². The minimum Gasteiger partial charge on any atom is -0.351 e. The van der Waals surface area contributed by atoms with Crippen molar-refractivity contribution in [3.05, 3.63) is 22.2 Å². The quantitative estimate of drug-likeness (QED) is 0.806. The van der Waals surface area contributed by atoms with Gasteiger partial charge in [-0.1, -0.05) is 30.0 Å². The number of carbonyl (C=O) groups excluding carboxylic acids is 1. The summed E-state index contributed by atoms with van der Waals surface area (Å²) in [5.74, 6) is 0.180. The number of nitrogens with one attached hydrogen (secondary N) is 2. The summed E-state index contributed by atoms with van der Waals surface area (Å²) < 4.78 is 3.87. The highest BCUT2D eigenvalue weighted by Crippen LogP contribution is 2.19. The normalized spacial score (nSPS) is 15.4. The Kier molecular flexibility index (Phi) is 5.04. The van der Waals surface area contributed by atoms with E-state index in [4.69, 9.17) is 0 Å². The Labute approximate surface area is 117 Å². The summed E-state index contributed by atoms with van der Waals surface area (Å²) in [7, 11) is 0. The minimum absolute atomic E-state index is 0.0479. The third-order valence-electron chi connectivity index (χ3n) is 3.16. The fourth-order valence-electron chi connectivity index (χ4n) is 2.05. The first-order valence-electron chi connectivity index (χ1n) is 6.67. The molecule has 1 aliphatic rings. The maximum absolute atomic E-state index is 12.1. The molecule has 0 unspecified atom stereocenters. The number of hydrogen-bond donors (Lipinski definition) is 2. The first-order valence-corrected chi connectivity index (χ1v) is 7.45. The molecule has 0 saturated carbocycles. The van der Waals surface area contributed by atoms with Gasteiger partial charge in [-0.25, -0.2) is 0 Å². The number of nitrogens with zero attached hydrogens (tertiary/aromatic N) is 2. The second-order valence-corrected chi connectivity index (χ2v) is 5.72. The van der Waals surface area contributed by atoms with Gasteiger partial charge in [0.15, 0.2) is 0 Å². The van der Waals surface area contributed by atoms with E-state index in [0.717, 1.165) is 31.6 Å². The molecule has 6 heteroatoms. The van der Waals surface area contributed by atoms with Crippen LogP contribution in [0.25, 0.3) is 0 Å². The van der Waals surface area contributed by atoms with Gasteiger partial charge in [0.1, 0.15) is 4.88 Å². The topological polar surface area (TPSA) is 66.9 Å². The van der Waals surface area contributed by atoms with Gasteiger partial charge in [-0.2, -0.15) is 0 Å². The van der Waals surface area contributed by atoms with E-state index in [1.807, 2.05) is 13.8 Å². The third kappa shape index (κ3) is 3.84. The molecule has 0 radical (unpaired) electrons. The molecule has 0 aliphatic carbocycles. The van der Waals surface area contributed by atoms with Crippen molar-refractivity contribution in [3.8, 4) is 0 Å². The van der Waals surface area contributed by atoms with Gasteiger partial charge in [-0.3, -0.25) is 4.79 Å². The Hall–Kier alpha value is -1.27. The van der Waals surface area contributed by atoms with E-state index < -0.39 is 0 Å². The van der Waals surface area contributed by atoms with E-state index in [9.17, 15) is 4.79 Å². The van der Waals surface area contributed by atoms with Gasteiger partial charge in [0.25, 0.3) is 5.91 Å². The van der Waals surface area contributed by atoms with Crippen molar-refractivity contribution in [1.29, 1.82) is 0 Å². The van der Waals surface area contributed by atoms with Crippen molar-refractivity contribution < 1.29 is 4.79 Å². The highest BCUT2D eigenvalue weighted by Gasteiger charge is 2.18. The number of hydrogen-bond acceptors (Lipinski definition) is 5. The van der Waals surface area contributed by atoms with Gasteiger partial charge >= 0.3 is 0 Å². The summed E-state index contributed by atoms with van der Waals surface area (Å²) in [6, 6.07) is 0. The molecule has 0 spiro atoms. The Morgan fingerprint density at radius 1 is 1.58 bits per heavy atom. The van der Waals surface area contributed by atoms with E-state index in [1.54, 1.807) is 0 Å². The molecule has 0 fully saturated rings. The number of carbonyl (C=O) groups is 1. The molecule has 2 heterocycles. The first kappa shape index (κ1) is 14.1. The summed E-state index contributed by atoms with van der Waals surface area (Å²) in [6.45, 7) is 6.70. The molecule has 1 aliphatic heterocycles. The monoisotopic (exact) mass is 280 g/mol. The molecule has 2 rings (SSSR count). The Bertz CT molecular complexity index is 467. The van der Waals surface area contributed by atoms with Crippen LogP contribution >= 0.6 is 11.5 Å². The summed E-state index contributed by atoms with van der Waals surface area (Å²) in [6.07, 6.45) is 4.22. The second-order valence-electron chi connectivity index (χ2n) is 4.96. The van der Waals surface area contributed by atoms with E-state index in [0.29, 0.717) is 11.4 Å². The van der Waals surface area contributed by atoms with Crippen molar-refractivity contribution in [1.82, 2.24) is 20.2 Å².